The van der Waals surface area contributed by atoms with E-state index in [-0.39, 0.29) is 35.1 Å². The molecule has 0 amide bonds. The fraction of sp³-hybridized carbons (Fsp3) is 0. The van der Waals surface area contributed by atoms with E-state index in [0.29, 0.717) is 0 Å². The Balaban J connectivity index is 0.000000192. The zero-order chi connectivity index (χ0) is 13.7. The number of hydrogen-bond donors (Lipinski definition) is 1. The summed E-state index contributed by atoms with van der Waals surface area (Å²) in [4.78, 5) is 13.2. The van der Waals surface area contributed by atoms with Crippen LogP contribution in [0, 0.1) is 3.95 Å². The number of carboxylic acid groups (broad SMARTS) is 1. The zero-order valence-corrected chi connectivity index (χ0v) is 14.5. The van der Waals surface area contributed by atoms with Crippen LogP contribution < -0.4 is 34.7 Å². The molecule has 0 atom stereocenters. The summed E-state index contributed by atoms with van der Waals surface area (Å²) >= 11 is 6.59. The second kappa shape index (κ2) is 8.34. The first-order valence-corrected chi connectivity index (χ1v) is 6.73. The van der Waals surface area contributed by atoms with Gasteiger partial charge in [0.15, 0.2) is 3.95 Å². The van der Waals surface area contributed by atoms with E-state index in [0.717, 1.165) is 9.47 Å². The standard InChI is InChI=1S/C7H5NS2.C7H6O2.Na/c9-7-8-5-3-1-2-4-6(5)10-7;8-7(9)6-4-2-1-3-5-6;/h1-4H,(H,8,9);1-5H,(H,8,9);/q;;+1/p-1. The monoisotopic (exact) mass is 311 g/mol. The Morgan fingerprint density at radius 2 is 1.65 bits per heavy atom. The Hall–Kier alpha value is -0.980. The average Bonchev–Trinajstić information content (AvgIpc) is 2.80. The number of fused-ring (bicyclic) bond motifs is 1. The first-order chi connectivity index (χ1) is 9.16. The summed E-state index contributed by atoms with van der Waals surface area (Å²) in [5.41, 5.74) is 1.36. The molecule has 0 aliphatic heterocycles. The van der Waals surface area contributed by atoms with E-state index in [4.69, 9.17) is 12.2 Å². The first-order valence-electron chi connectivity index (χ1n) is 5.51. The van der Waals surface area contributed by atoms with Crippen LogP contribution in [0.15, 0.2) is 54.6 Å². The fourth-order valence-electron chi connectivity index (χ4n) is 1.47. The fourth-order valence-corrected chi connectivity index (χ4v) is 2.58. The molecule has 2 aromatic carbocycles. The number of benzene rings is 2. The van der Waals surface area contributed by atoms with Gasteiger partial charge in [0.05, 0.1) is 16.2 Å². The molecule has 1 N–H and O–H groups in total. The summed E-state index contributed by atoms with van der Waals surface area (Å²) in [5.74, 6) is -1.13. The predicted octanol–water partition coefficient (Wildman–Crippen LogP) is 0.0130. The maximum absolute atomic E-state index is 10.1. The molecule has 96 valence electrons. The minimum Gasteiger partial charge on any atom is -0.545 e. The third-order valence-electron chi connectivity index (χ3n) is 2.34. The molecule has 0 radical (unpaired) electrons. The molecule has 3 nitrogen and oxygen atoms in total. The molecule has 0 fully saturated rings. The van der Waals surface area contributed by atoms with Crippen molar-refractivity contribution in [3.8, 4) is 0 Å². The van der Waals surface area contributed by atoms with E-state index < -0.39 is 5.97 Å². The van der Waals surface area contributed by atoms with Crippen molar-refractivity contribution in [2.24, 2.45) is 0 Å². The Morgan fingerprint density at radius 1 is 1.05 bits per heavy atom. The van der Waals surface area contributed by atoms with Gasteiger partial charge >= 0.3 is 29.6 Å². The SMILES string of the molecule is O=C([O-])c1ccccc1.S=c1[nH]c2ccccc2s1.[Na+]. The summed E-state index contributed by atoms with van der Waals surface area (Å²) < 4.78 is 2.08. The number of aromatic amines is 1. The third-order valence-corrected chi connectivity index (χ3v) is 3.55. The minimum atomic E-state index is -1.13. The largest absolute Gasteiger partial charge is 1.00 e. The van der Waals surface area contributed by atoms with E-state index in [1.807, 2.05) is 18.2 Å². The van der Waals surface area contributed by atoms with Crippen LogP contribution in [0.25, 0.3) is 10.2 Å². The van der Waals surface area contributed by atoms with Gasteiger partial charge in [-0.2, -0.15) is 0 Å². The number of carbonyl (C=O) groups is 1. The Labute approximate surface area is 147 Å². The van der Waals surface area contributed by atoms with E-state index in [9.17, 15) is 9.90 Å². The number of rotatable bonds is 1. The quantitative estimate of drug-likeness (QED) is 0.509. The number of aromatic nitrogens is 1. The Morgan fingerprint density at radius 3 is 2.20 bits per heavy atom. The van der Waals surface area contributed by atoms with Crippen LogP contribution in [0.2, 0.25) is 0 Å². The molecule has 0 aliphatic rings. The summed E-state index contributed by atoms with van der Waals surface area (Å²) in [6, 6.07) is 16.2. The van der Waals surface area contributed by atoms with Gasteiger partial charge in [0.1, 0.15) is 0 Å². The molecule has 20 heavy (non-hydrogen) atoms. The van der Waals surface area contributed by atoms with E-state index in [1.54, 1.807) is 29.5 Å². The number of nitrogens with one attached hydrogen (secondary N) is 1. The van der Waals surface area contributed by atoms with Crippen LogP contribution in [-0.4, -0.2) is 11.0 Å². The van der Waals surface area contributed by atoms with Gasteiger partial charge in [-0.1, -0.05) is 42.5 Å². The van der Waals surface area contributed by atoms with Crippen molar-refractivity contribution in [1.29, 1.82) is 0 Å². The molecule has 0 saturated carbocycles. The van der Waals surface area contributed by atoms with Crippen LogP contribution in [0.3, 0.4) is 0 Å². The van der Waals surface area contributed by atoms with E-state index in [1.165, 1.54) is 16.8 Å². The Bertz CT molecular complexity index is 701. The molecule has 0 aliphatic carbocycles. The van der Waals surface area contributed by atoms with Crippen molar-refractivity contribution in [1.82, 2.24) is 4.98 Å². The van der Waals surface area contributed by atoms with E-state index in [2.05, 4.69) is 11.1 Å². The van der Waals surface area contributed by atoms with Gasteiger partial charge in [0.25, 0.3) is 0 Å². The predicted molar refractivity (Wildman–Crippen MR) is 77.8 cm³/mol. The average molecular weight is 311 g/mol. The van der Waals surface area contributed by atoms with Gasteiger partial charge in [0.2, 0.25) is 0 Å². The van der Waals surface area contributed by atoms with Crippen molar-refractivity contribution in [3.05, 3.63) is 64.1 Å². The topological polar surface area (TPSA) is 55.9 Å². The van der Waals surface area contributed by atoms with Crippen LogP contribution in [0.5, 0.6) is 0 Å². The van der Waals surface area contributed by atoms with Crippen LogP contribution in [0.4, 0.5) is 0 Å². The molecular weight excluding hydrogens is 301 g/mol. The van der Waals surface area contributed by atoms with Crippen LogP contribution in [0.1, 0.15) is 10.4 Å². The first kappa shape index (κ1) is 17.1. The minimum absolute atomic E-state index is 0. The van der Waals surface area contributed by atoms with Gasteiger partial charge in [-0.15, -0.1) is 11.3 Å². The number of carbonyl (C=O) groups excluding carboxylic acids is 1. The van der Waals surface area contributed by atoms with Crippen molar-refractivity contribution in [3.63, 3.8) is 0 Å². The molecular formula is C14H10NNaO2S2. The summed E-state index contributed by atoms with van der Waals surface area (Å²) in [5, 5.41) is 10.1. The molecule has 0 spiro atoms. The second-order valence-corrected chi connectivity index (χ2v) is 5.38. The van der Waals surface area contributed by atoms with Crippen molar-refractivity contribution in [2.45, 2.75) is 0 Å². The van der Waals surface area contributed by atoms with Crippen LogP contribution >= 0.6 is 23.6 Å². The number of hydrogen-bond acceptors (Lipinski definition) is 4. The zero-order valence-electron chi connectivity index (χ0n) is 10.8. The molecule has 0 unspecified atom stereocenters. The van der Waals surface area contributed by atoms with Gasteiger partial charge < -0.3 is 14.9 Å². The molecule has 0 saturated heterocycles. The van der Waals surface area contributed by atoms with Gasteiger partial charge in [-0.3, -0.25) is 0 Å². The normalized spacial score (nSPS) is 9.20. The molecule has 3 rings (SSSR count). The molecule has 6 heteroatoms. The number of aromatic carboxylic acids is 1. The summed E-state index contributed by atoms with van der Waals surface area (Å²) in [6.07, 6.45) is 0. The maximum Gasteiger partial charge on any atom is 1.00 e. The maximum atomic E-state index is 10.1. The van der Waals surface area contributed by atoms with E-state index >= 15 is 0 Å². The van der Waals surface area contributed by atoms with Gasteiger partial charge in [-0.05, 0) is 29.9 Å². The van der Waals surface area contributed by atoms with Gasteiger partial charge in [0, 0.05) is 0 Å². The van der Waals surface area contributed by atoms with Crippen molar-refractivity contribution in [2.75, 3.05) is 0 Å². The number of para-hydroxylation sites is 1. The van der Waals surface area contributed by atoms with Crippen LogP contribution in [-0.2, 0) is 0 Å². The molecule has 0 bridgehead atoms. The van der Waals surface area contributed by atoms with Gasteiger partial charge in [-0.25, -0.2) is 0 Å². The summed E-state index contributed by atoms with van der Waals surface area (Å²) in [6.45, 7) is 0. The molecule has 3 aromatic rings. The number of thiazole rings is 1. The van der Waals surface area contributed by atoms with Crippen molar-refractivity contribution < 1.29 is 39.5 Å². The summed E-state index contributed by atoms with van der Waals surface area (Å²) in [7, 11) is 0. The third kappa shape index (κ3) is 4.85. The smallest absolute Gasteiger partial charge is 0.545 e. The molecule has 1 aromatic heterocycles. The Kier molecular flexibility index (Phi) is 7.12. The molecule has 1 heterocycles. The number of carboxylic acids is 1. The second-order valence-electron chi connectivity index (χ2n) is 3.66. The number of H-pyrrole nitrogens is 1. The van der Waals surface area contributed by atoms with Crippen molar-refractivity contribution >= 4 is 39.7 Å².